The van der Waals surface area contributed by atoms with E-state index in [0.29, 0.717) is 18.1 Å². The van der Waals surface area contributed by atoms with Crippen LogP contribution in [-0.2, 0) is 6.61 Å². The van der Waals surface area contributed by atoms with Crippen molar-refractivity contribution >= 4 is 5.78 Å². The van der Waals surface area contributed by atoms with Gasteiger partial charge >= 0.3 is 0 Å². The van der Waals surface area contributed by atoms with E-state index in [1.54, 1.807) is 17.8 Å². The number of methoxy groups -OCH3 is 1. The second kappa shape index (κ2) is 3.68. The third kappa shape index (κ3) is 1.40. The molecule has 0 N–H and O–H groups in total. The maximum atomic E-state index is 5.78. The van der Waals surface area contributed by atoms with Crippen LogP contribution in [0.2, 0.25) is 0 Å². The topological polar surface area (TPSA) is 61.5 Å². The van der Waals surface area contributed by atoms with Crippen LogP contribution in [0, 0.1) is 0 Å². The van der Waals surface area contributed by atoms with Crippen LogP contribution in [-0.4, -0.2) is 26.7 Å². The molecule has 4 rings (SSSR count). The zero-order chi connectivity index (χ0) is 12.8. The number of hydrogen-bond donors (Lipinski definition) is 0. The average Bonchev–Trinajstić information content (AvgIpc) is 2.91. The van der Waals surface area contributed by atoms with Gasteiger partial charge in [0.15, 0.2) is 11.5 Å². The fourth-order valence-electron chi connectivity index (χ4n) is 2.31. The third-order valence-electron chi connectivity index (χ3n) is 3.19. The molecule has 1 aliphatic heterocycles. The van der Waals surface area contributed by atoms with Crippen LogP contribution in [0.4, 0.5) is 0 Å². The molecule has 0 amide bonds. The van der Waals surface area contributed by atoms with E-state index in [1.807, 2.05) is 24.4 Å². The summed E-state index contributed by atoms with van der Waals surface area (Å²) in [5.74, 6) is 2.02. The summed E-state index contributed by atoms with van der Waals surface area (Å²) in [6.45, 7) is 0.462. The van der Waals surface area contributed by atoms with Gasteiger partial charge in [0, 0.05) is 17.3 Å². The Bertz CT molecular complexity index is 781. The fraction of sp³-hybridized carbons (Fsp3) is 0.154. The summed E-state index contributed by atoms with van der Waals surface area (Å²) in [6, 6.07) is 5.76. The molecular formula is C13H10N4O2. The van der Waals surface area contributed by atoms with Crippen LogP contribution in [0.25, 0.3) is 17.0 Å². The predicted octanol–water partition coefficient (Wildman–Crippen LogP) is 1.69. The van der Waals surface area contributed by atoms with Gasteiger partial charge in [-0.1, -0.05) is 6.07 Å². The van der Waals surface area contributed by atoms with E-state index in [1.165, 1.54) is 0 Å². The molecule has 0 fully saturated rings. The summed E-state index contributed by atoms with van der Waals surface area (Å²) in [5, 5.41) is 7.82. The molecule has 1 aliphatic rings. The van der Waals surface area contributed by atoms with Crippen molar-refractivity contribution in [3.05, 3.63) is 36.3 Å². The lowest BCUT2D eigenvalue weighted by Crippen LogP contribution is -2.10. The summed E-state index contributed by atoms with van der Waals surface area (Å²) in [7, 11) is 1.63. The summed E-state index contributed by atoms with van der Waals surface area (Å²) < 4.78 is 12.9. The van der Waals surface area contributed by atoms with Crippen molar-refractivity contribution in [3.63, 3.8) is 0 Å². The van der Waals surface area contributed by atoms with Gasteiger partial charge in [-0.25, -0.2) is 4.98 Å². The largest absolute Gasteiger partial charge is 0.493 e. The second-order valence-electron chi connectivity index (χ2n) is 4.28. The highest BCUT2D eigenvalue weighted by Gasteiger charge is 2.22. The Kier molecular flexibility index (Phi) is 2.00. The van der Waals surface area contributed by atoms with Crippen molar-refractivity contribution in [1.82, 2.24) is 19.6 Å². The van der Waals surface area contributed by atoms with Gasteiger partial charge < -0.3 is 9.47 Å². The standard InChI is InChI=1S/C13H10N4O2/c1-18-10-4-2-3-9-11-8(6-19-12(9)10)5-17-7-14-16-13(17)15-11/h2-5,7H,6H2,1H3. The third-order valence-corrected chi connectivity index (χ3v) is 3.19. The van der Waals surface area contributed by atoms with Crippen molar-refractivity contribution in [1.29, 1.82) is 0 Å². The van der Waals surface area contributed by atoms with Gasteiger partial charge in [0.25, 0.3) is 5.78 Å². The van der Waals surface area contributed by atoms with Crippen LogP contribution in [0.5, 0.6) is 11.5 Å². The quantitative estimate of drug-likeness (QED) is 0.661. The molecule has 0 unspecified atom stereocenters. The Morgan fingerprint density at radius 2 is 2.32 bits per heavy atom. The van der Waals surface area contributed by atoms with Gasteiger partial charge in [-0.05, 0) is 12.1 Å². The predicted molar refractivity (Wildman–Crippen MR) is 67.1 cm³/mol. The minimum absolute atomic E-state index is 0.462. The SMILES string of the molecule is COc1cccc2c1OCc1cn3cnnc3nc1-2. The van der Waals surface area contributed by atoms with Crippen LogP contribution in [0.1, 0.15) is 5.56 Å². The molecule has 6 heteroatoms. The van der Waals surface area contributed by atoms with Gasteiger partial charge in [0.2, 0.25) is 0 Å². The minimum atomic E-state index is 0.462. The molecule has 6 nitrogen and oxygen atoms in total. The van der Waals surface area contributed by atoms with Gasteiger partial charge in [0.1, 0.15) is 12.9 Å². The highest BCUT2D eigenvalue weighted by Crippen LogP contribution is 2.42. The number of hydrogen-bond acceptors (Lipinski definition) is 5. The number of fused-ring (bicyclic) bond motifs is 4. The lowest BCUT2D eigenvalue weighted by atomic mass is 10.0. The van der Waals surface area contributed by atoms with Gasteiger partial charge in [-0.3, -0.25) is 4.40 Å². The number of aromatic nitrogens is 4. The van der Waals surface area contributed by atoms with E-state index >= 15 is 0 Å². The molecule has 0 aliphatic carbocycles. The molecule has 1 aromatic carbocycles. The first kappa shape index (κ1) is 10.3. The molecule has 0 atom stereocenters. The van der Waals surface area contributed by atoms with Crippen molar-refractivity contribution in [2.45, 2.75) is 6.61 Å². The lowest BCUT2D eigenvalue weighted by molar-refractivity contribution is 0.280. The fourth-order valence-corrected chi connectivity index (χ4v) is 2.31. The zero-order valence-corrected chi connectivity index (χ0v) is 10.2. The van der Waals surface area contributed by atoms with Crippen molar-refractivity contribution < 1.29 is 9.47 Å². The van der Waals surface area contributed by atoms with Crippen molar-refractivity contribution in [2.75, 3.05) is 7.11 Å². The lowest BCUT2D eigenvalue weighted by Gasteiger charge is -2.21. The van der Waals surface area contributed by atoms with Crippen LogP contribution >= 0.6 is 0 Å². The molecule has 0 saturated carbocycles. The first-order valence-corrected chi connectivity index (χ1v) is 5.86. The summed E-state index contributed by atoms with van der Waals surface area (Å²) in [5.41, 5.74) is 2.81. The molecule has 94 valence electrons. The Hall–Kier alpha value is -2.63. The number of benzene rings is 1. The van der Waals surface area contributed by atoms with Gasteiger partial charge in [0.05, 0.1) is 12.8 Å². The Balaban J connectivity index is 2.02. The molecule has 2 aromatic heterocycles. The summed E-state index contributed by atoms with van der Waals surface area (Å²) >= 11 is 0. The van der Waals surface area contributed by atoms with Gasteiger partial charge in [-0.15, -0.1) is 10.2 Å². The molecule has 0 radical (unpaired) electrons. The average molecular weight is 254 g/mol. The Morgan fingerprint density at radius 1 is 1.37 bits per heavy atom. The number of ether oxygens (including phenoxy) is 2. The highest BCUT2D eigenvalue weighted by molar-refractivity contribution is 5.75. The van der Waals surface area contributed by atoms with Crippen LogP contribution < -0.4 is 9.47 Å². The number of rotatable bonds is 1. The molecule has 3 aromatic rings. The number of nitrogens with zero attached hydrogens (tertiary/aromatic N) is 4. The molecule has 0 saturated heterocycles. The monoisotopic (exact) mass is 254 g/mol. The van der Waals surface area contributed by atoms with Crippen molar-refractivity contribution in [3.8, 4) is 22.8 Å². The van der Waals surface area contributed by atoms with Gasteiger partial charge in [-0.2, -0.15) is 0 Å². The van der Waals surface area contributed by atoms with Crippen LogP contribution in [0.3, 0.4) is 0 Å². The smallest absolute Gasteiger partial charge is 0.255 e. The van der Waals surface area contributed by atoms with E-state index in [0.717, 1.165) is 22.6 Å². The van der Waals surface area contributed by atoms with E-state index in [4.69, 9.17) is 9.47 Å². The Morgan fingerprint density at radius 3 is 3.21 bits per heavy atom. The van der Waals surface area contributed by atoms with Crippen LogP contribution in [0.15, 0.2) is 30.7 Å². The molecule has 0 bridgehead atoms. The number of para-hydroxylation sites is 1. The Labute approximate surface area is 108 Å². The van der Waals surface area contributed by atoms with Crippen molar-refractivity contribution in [2.24, 2.45) is 0 Å². The molecule has 0 spiro atoms. The first-order valence-electron chi connectivity index (χ1n) is 5.86. The van der Waals surface area contributed by atoms with E-state index in [-0.39, 0.29) is 0 Å². The van der Waals surface area contributed by atoms with E-state index in [9.17, 15) is 0 Å². The minimum Gasteiger partial charge on any atom is -0.493 e. The van der Waals surface area contributed by atoms with E-state index < -0.39 is 0 Å². The summed E-state index contributed by atoms with van der Waals surface area (Å²) in [6.07, 6.45) is 3.57. The second-order valence-corrected chi connectivity index (χ2v) is 4.28. The zero-order valence-electron chi connectivity index (χ0n) is 10.2. The molecule has 19 heavy (non-hydrogen) atoms. The molecule has 3 heterocycles. The summed E-state index contributed by atoms with van der Waals surface area (Å²) in [4.78, 5) is 4.55. The normalized spacial score (nSPS) is 12.7. The highest BCUT2D eigenvalue weighted by atomic mass is 16.5. The first-order chi connectivity index (χ1) is 9.36. The maximum Gasteiger partial charge on any atom is 0.255 e. The maximum absolute atomic E-state index is 5.78. The molecular weight excluding hydrogens is 244 g/mol. The van der Waals surface area contributed by atoms with E-state index in [2.05, 4.69) is 15.2 Å².